The molecule has 1 N–H and O–H groups in total. The first-order valence-corrected chi connectivity index (χ1v) is 7.90. The summed E-state index contributed by atoms with van der Waals surface area (Å²) in [6.45, 7) is 12.1. The fourth-order valence-electron chi connectivity index (χ4n) is 1.99. The predicted octanol–water partition coefficient (Wildman–Crippen LogP) is 4.11. The zero-order valence-corrected chi connectivity index (χ0v) is 13.2. The topological polar surface area (TPSA) is 24.9 Å². The second-order valence-electron chi connectivity index (χ2n) is 6.82. The Morgan fingerprint density at radius 2 is 2.00 bits per heavy atom. The van der Waals surface area contributed by atoms with Crippen LogP contribution in [0.25, 0.3) is 0 Å². The number of hydrogen-bond donors (Lipinski definition) is 1. The normalized spacial score (nSPS) is 16.6. The average Bonchev–Trinajstić information content (AvgIpc) is 2.92. The van der Waals surface area contributed by atoms with Crippen LogP contribution in [0.1, 0.15) is 69.0 Å². The molecule has 0 spiro atoms. The molecule has 1 aliphatic rings. The van der Waals surface area contributed by atoms with Crippen LogP contribution < -0.4 is 5.32 Å². The van der Waals surface area contributed by atoms with Gasteiger partial charge in [0.1, 0.15) is 0 Å². The molecule has 1 heterocycles. The Morgan fingerprint density at radius 3 is 2.50 bits per heavy atom. The van der Waals surface area contributed by atoms with Crippen LogP contribution in [-0.2, 0) is 13.0 Å². The van der Waals surface area contributed by atoms with Crippen LogP contribution in [0.4, 0.5) is 0 Å². The van der Waals surface area contributed by atoms with Crippen LogP contribution >= 0.6 is 11.3 Å². The van der Waals surface area contributed by atoms with Crippen molar-refractivity contribution in [2.45, 2.75) is 71.9 Å². The maximum atomic E-state index is 4.87. The van der Waals surface area contributed by atoms with Gasteiger partial charge in [-0.2, -0.15) is 0 Å². The Labute approximate surface area is 115 Å². The van der Waals surface area contributed by atoms with Crippen LogP contribution in [-0.4, -0.2) is 10.5 Å². The lowest BCUT2D eigenvalue weighted by Crippen LogP contribution is -2.35. The molecule has 0 saturated heterocycles. The van der Waals surface area contributed by atoms with E-state index in [-0.39, 0.29) is 5.54 Å². The van der Waals surface area contributed by atoms with Crippen molar-refractivity contribution >= 4 is 11.3 Å². The van der Waals surface area contributed by atoms with Crippen LogP contribution in [0.2, 0.25) is 0 Å². The van der Waals surface area contributed by atoms with Gasteiger partial charge < -0.3 is 5.32 Å². The molecule has 3 heteroatoms. The number of aromatic nitrogens is 1. The van der Waals surface area contributed by atoms with E-state index in [0.29, 0.717) is 5.92 Å². The first-order chi connectivity index (χ1) is 8.35. The summed E-state index contributed by atoms with van der Waals surface area (Å²) in [4.78, 5) is 6.31. The van der Waals surface area contributed by atoms with E-state index in [1.54, 1.807) is 0 Å². The molecular formula is C15H26N2S. The van der Waals surface area contributed by atoms with Gasteiger partial charge in [0.05, 0.1) is 10.7 Å². The van der Waals surface area contributed by atoms with Gasteiger partial charge in [0.25, 0.3) is 0 Å². The van der Waals surface area contributed by atoms with Gasteiger partial charge >= 0.3 is 0 Å². The monoisotopic (exact) mass is 266 g/mol. The summed E-state index contributed by atoms with van der Waals surface area (Å²) in [5.74, 6) is 1.46. The molecule has 2 nitrogen and oxygen atoms in total. The third-order valence-electron chi connectivity index (χ3n) is 3.26. The molecule has 0 aromatic carbocycles. The van der Waals surface area contributed by atoms with E-state index in [2.05, 4.69) is 39.9 Å². The molecule has 1 saturated carbocycles. The molecular weight excluding hydrogens is 240 g/mol. The van der Waals surface area contributed by atoms with Gasteiger partial charge in [0.15, 0.2) is 0 Å². The summed E-state index contributed by atoms with van der Waals surface area (Å²) in [6.07, 6.45) is 4.03. The predicted molar refractivity (Wildman–Crippen MR) is 79.2 cm³/mol. The van der Waals surface area contributed by atoms with Crippen LogP contribution in [0.5, 0.6) is 0 Å². The molecule has 102 valence electrons. The summed E-state index contributed by atoms with van der Waals surface area (Å²) in [5.41, 5.74) is 1.49. The van der Waals surface area contributed by atoms with Gasteiger partial charge in [0, 0.05) is 23.4 Å². The highest BCUT2D eigenvalue weighted by Crippen LogP contribution is 2.35. The van der Waals surface area contributed by atoms with Crippen LogP contribution in [0.3, 0.4) is 0 Å². The Hall–Kier alpha value is -0.410. The molecule has 1 aromatic rings. The molecule has 1 fully saturated rings. The zero-order chi connectivity index (χ0) is 13.3. The molecule has 0 radical (unpaired) electrons. The largest absolute Gasteiger partial charge is 0.307 e. The quantitative estimate of drug-likeness (QED) is 0.867. The molecule has 0 bridgehead atoms. The van der Waals surface area contributed by atoms with Crippen LogP contribution in [0, 0.1) is 5.92 Å². The maximum absolute atomic E-state index is 4.87. The Kier molecular flexibility index (Phi) is 4.12. The molecule has 2 rings (SSSR count). The third-order valence-corrected chi connectivity index (χ3v) is 4.35. The molecule has 0 aliphatic heterocycles. The fraction of sp³-hybridized carbons (Fsp3) is 0.800. The second-order valence-corrected chi connectivity index (χ2v) is 7.99. The Bertz CT molecular complexity index is 397. The van der Waals surface area contributed by atoms with Gasteiger partial charge in [-0.3, -0.25) is 0 Å². The van der Waals surface area contributed by atoms with Crippen LogP contribution in [0.15, 0.2) is 0 Å². The molecule has 1 aromatic heterocycles. The number of nitrogens with zero attached hydrogens (tertiary/aromatic N) is 1. The van der Waals surface area contributed by atoms with E-state index in [4.69, 9.17) is 4.98 Å². The molecule has 0 unspecified atom stereocenters. The summed E-state index contributed by atoms with van der Waals surface area (Å²) < 4.78 is 0. The van der Waals surface area contributed by atoms with Crippen molar-refractivity contribution in [1.82, 2.24) is 10.3 Å². The van der Waals surface area contributed by atoms with Crippen molar-refractivity contribution in [2.24, 2.45) is 5.92 Å². The highest BCUT2D eigenvalue weighted by molar-refractivity contribution is 7.11. The fourth-order valence-corrected chi connectivity index (χ4v) is 3.27. The van der Waals surface area contributed by atoms with E-state index in [1.165, 1.54) is 34.8 Å². The summed E-state index contributed by atoms with van der Waals surface area (Å²) in [6, 6.07) is 0. The van der Waals surface area contributed by atoms with E-state index in [9.17, 15) is 0 Å². The van der Waals surface area contributed by atoms with E-state index < -0.39 is 0 Å². The van der Waals surface area contributed by atoms with E-state index in [1.807, 2.05) is 11.3 Å². The lowest BCUT2D eigenvalue weighted by molar-refractivity contribution is 0.425. The number of rotatable bonds is 5. The minimum Gasteiger partial charge on any atom is -0.307 e. The molecule has 0 atom stereocenters. The van der Waals surface area contributed by atoms with Gasteiger partial charge in [-0.15, -0.1) is 11.3 Å². The second kappa shape index (κ2) is 5.30. The smallest absolute Gasteiger partial charge is 0.0934 e. The summed E-state index contributed by atoms with van der Waals surface area (Å²) in [5, 5.41) is 4.94. The van der Waals surface area contributed by atoms with Crippen molar-refractivity contribution in [3.05, 3.63) is 15.6 Å². The van der Waals surface area contributed by atoms with Gasteiger partial charge in [0.2, 0.25) is 0 Å². The highest BCUT2D eigenvalue weighted by atomic mass is 32.1. The first kappa shape index (κ1) is 14.0. The Morgan fingerprint density at radius 1 is 1.33 bits per heavy atom. The Balaban J connectivity index is 2.07. The van der Waals surface area contributed by atoms with Crippen molar-refractivity contribution in [2.75, 3.05) is 0 Å². The molecule has 1 aliphatic carbocycles. The average molecular weight is 266 g/mol. The molecule has 18 heavy (non-hydrogen) atoms. The standard InChI is InChI=1S/C15H26N2S/c1-10(2)14-12(9-16-15(3,4)5)18-13(17-14)8-11-6-7-11/h10-11,16H,6-9H2,1-5H3. The minimum atomic E-state index is 0.175. The van der Waals surface area contributed by atoms with Gasteiger partial charge in [-0.05, 0) is 45.4 Å². The van der Waals surface area contributed by atoms with Crippen molar-refractivity contribution in [3.8, 4) is 0 Å². The maximum Gasteiger partial charge on any atom is 0.0934 e. The van der Waals surface area contributed by atoms with Gasteiger partial charge in [-0.25, -0.2) is 4.98 Å². The number of nitrogens with one attached hydrogen (secondary N) is 1. The van der Waals surface area contributed by atoms with Crippen molar-refractivity contribution < 1.29 is 0 Å². The zero-order valence-electron chi connectivity index (χ0n) is 12.3. The number of hydrogen-bond acceptors (Lipinski definition) is 3. The molecule has 0 amide bonds. The first-order valence-electron chi connectivity index (χ1n) is 7.08. The SMILES string of the molecule is CC(C)c1nc(CC2CC2)sc1CNC(C)(C)C. The summed E-state index contributed by atoms with van der Waals surface area (Å²) >= 11 is 1.92. The third kappa shape index (κ3) is 4.06. The lowest BCUT2D eigenvalue weighted by Gasteiger charge is -2.20. The number of thiazole rings is 1. The van der Waals surface area contributed by atoms with E-state index in [0.717, 1.165) is 12.5 Å². The lowest BCUT2D eigenvalue weighted by atomic mass is 10.1. The van der Waals surface area contributed by atoms with E-state index >= 15 is 0 Å². The highest BCUT2D eigenvalue weighted by Gasteiger charge is 2.24. The van der Waals surface area contributed by atoms with Crippen molar-refractivity contribution in [1.29, 1.82) is 0 Å². The minimum absolute atomic E-state index is 0.175. The van der Waals surface area contributed by atoms with Crippen molar-refractivity contribution in [3.63, 3.8) is 0 Å². The summed E-state index contributed by atoms with van der Waals surface area (Å²) in [7, 11) is 0. The van der Waals surface area contributed by atoms with Gasteiger partial charge in [-0.1, -0.05) is 13.8 Å².